The fraction of sp³-hybridized carbons (Fsp3) is 0.400. The number of hydrogen-bond donors (Lipinski definition) is 1. The summed E-state index contributed by atoms with van der Waals surface area (Å²) in [5, 5.41) is 16.1. The summed E-state index contributed by atoms with van der Waals surface area (Å²) in [6, 6.07) is 0. The number of aliphatic hydroxyl groups excluding tert-OH is 1. The minimum absolute atomic E-state index is 0. The van der Waals surface area contributed by atoms with Gasteiger partial charge in [-0.1, -0.05) is 12.2 Å². The van der Waals surface area contributed by atoms with Crippen molar-refractivity contribution in [2.24, 2.45) is 0 Å². The summed E-state index contributed by atoms with van der Waals surface area (Å²) in [6.45, 7) is 0.143. The van der Waals surface area contributed by atoms with E-state index in [1.54, 1.807) is 6.08 Å². The van der Waals surface area contributed by atoms with E-state index in [2.05, 4.69) is 0 Å². The van der Waals surface area contributed by atoms with Gasteiger partial charge in [-0.2, -0.15) is 6.21 Å². The van der Waals surface area contributed by atoms with Crippen molar-refractivity contribution in [3.8, 4) is 0 Å². The van der Waals surface area contributed by atoms with E-state index < -0.39 is 0 Å². The molecule has 0 saturated carbocycles. The molecule has 0 unspecified atom stereocenters. The van der Waals surface area contributed by atoms with Crippen molar-refractivity contribution in [3.63, 3.8) is 0 Å². The fourth-order valence-electron chi connectivity index (χ4n) is 0.232. The van der Waals surface area contributed by atoms with Gasteiger partial charge in [0, 0.05) is 39.3 Å². The van der Waals surface area contributed by atoms with E-state index in [-0.39, 0.29) is 39.3 Å². The number of rotatable bonds is 3. The minimum Gasteiger partial charge on any atom is -0.811 e. The average Bonchev–Trinajstić information content (AvgIpc) is 1.69. The van der Waals surface area contributed by atoms with E-state index in [1.165, 1.54) is 6.08 Å². The van der Waals surface area contributed by atoms with Gasteiger partial charge < -0.3 is 10.5 Å². The predicted octanol–water partition coefficient (Wildman–Crippen LogP) is 0.563. The standard InChI is InChI=1S/C5H8NO.Y/c6-4-2-1-3-5-7;/h1-2,4,7H,3,5H2;/q-1;/b2-1+;. The molecule has 3 heteroatoms. The smallest absolute Gasteiger partial charge is 0.0465 e. The van der Waals surface area contributed by atoms with Gasteiger partial charge >= 0.3 is 0 Å². The number of allylic oxidation sites excluding steroid dienone is 1. The fourth-order valence-corrected chi connectivity index (χ4v) is 0.232. The number of hydrogen-bond acceptors (Lipinski definition) is 1. The van der Waals surface area contributed by atoms with Crippen LogP contribution in [0.4, 0.5) is 0 Å². The summed E-state index contributed by atoms with van der Waals surface area (Å²) in [6.07, 6.45) is 4.71. The van der Waals surface area contributed by atoms with Gasteiger partial charge in [0.2, 0.25) is 0 Å². The first-order chi connectivity index (χ1) is 3.41. The normalized spacial score (nSPS) is 8.62. The summed E-state index contributed by atoms with van der Waals surface area (Å²) in [5.41, 5.74) is 0. The Kier molecular flexibility index (Phi) is 14.8. The van der Waals surface area contributed by atoms with E-state index in [4.69, 9.17) is 10.5 Å². The van der Waals surface area contributed by atoms with Crippen LogP contribution in [-0.4, -0.2) is 17.9 Å². The molecule has 43 valence electrons. The van der Waals surface area contributed by atoms with Crippen molar-refractivity contribution in [2.45, 2.75) is 6.42 Å². The maximum Gasteiger partial charge on any atom is 0.0465 e. The molecule has 0 saturated heterocycles. The molecule has 0 atom stereocenters. The third kappa shape index (κ3) is 9.69. The Bertz CT molecular complexity index is 72.8. The van der Waals surface area contributed by atoms with Crippen molar-refractivity contribution in [2.75, 3.05) is 6.61 Å². The third-order valence-corrected chi connectivity index (χ3v) is 0.518. The molecule has 0 spiro atoms. The first kappa shape index (κ1) is 11.3. The van der Waals surface area contributed by atoms with Gasteiger partial charge in [0.25, 0.3) is 0 Å². The van der Waals surface area contributed by atoms with Crippen molar-refractivity contribution >= 4 is 6.21 Å². The first-order valence-corrected chi connectivity index (χ1v) is 2.15. The molecular formula is C5H8NOY-. The second kappa shape index (κ2) is 10.5. The Labute approximate surface area is 74.4 Å². The quantitative estimate of drug-likeness (QED) is 0.644. The molecule has 1 radical (unpaired) electrons. The Balaban J connectivity index is 0. The molecule has 0 bridgehead atoms. The Hall–Kier alpha value is 0.474. The zero-order valence-corrected chi connectivity index (χ0v) is 7.46. The molecule has 0 aromatic rings. The average molecular weight is 187 g/mol. The first-order valence-electron chi connectivity index (χ1n) is 2.15. The molecule has 0 aliphatic rings. The maximum absolute atomic E-state index is 8.15. The van der Waals surface area contributed by atoms with E-state index in [9.17, 15) is 0 Å². The van der Waals surface area contributed by atoms with Crippen molar-refractivity contribution in [3.05, 3.63) is 17.6 Å². The minimum atomic E-state index is 0. The summed E-state index contributed by atoms with van der Waals surface area (Å²) in [5.74, 6) is 0. The van der Waals surface area contributed by atoms with Crippen LogP contribution in [0.3, 0.4) is 0 Å². The van der Waals surface area contributed by atoms with E-state index >= 15 is 0 Å². The second-order valence-electron chi connectivity index (χ2n) is 1.09. The van der Waals surface area contributed by atoms with Crippen LogP contribution in [0.1, 0.15) is 6.42 Å². The molecule has 1 N–H and O–H groups in total. The van der Waals surface area contributed by atoms with Crippen molar-refractivity contribution in [1.29, 1.82) is 0 Å². The van der Waals surface area contributed by atoms with Crippen LogP contribution in [-0.2, 0) is 32.7 Å². The van der Waals surface area contributed by atoms with Gasteiger partial charge in [-0.15, -0.1) is 0 Å². The number of nitrogens with zero attached hydrogens (tertiary/aromatic N) is 1. The molecule has 0 fully saturated rings. The molecule has 0 aromatic heterocycles. The molecule has 8 heavy (non-hydrogen) atoms. The molecule has 0 amide bonds. The van der Waals surface area contributed by atoms with Crippen molar-refractivity contribution in [1.82, 2.24) is 0 Å². The van der Waals surface area contributed by atoms with Crippen LogP contribution in [0.15, 0.2) is 12.2 Å². The van der Waals surface area contributed by atoms with Gasteiger partial charge in [-0.3, -0.25) is 0 Å². The molecule has 0 aliphatic heterocycles. The molecule has 2 nitrogen and oxygen atoms in total. The molecular weight excluding hydrogens is 179 g/mol. The second-order valence-corrected chi connectivity index (χ2v) is 1.09. The van der Waals surface area contributed by atoms with Crippen LogP contribution in [0.25, 0.3) is 5.41 Å². The number of aliphatic hydroxyl groups is 1. The van der Waals surface area contributed by atoms with Crippen LogP contribution in [0.2, 0.25) is 0 Å². The summed E-state index contributed by atoms with van der Waals surface area (Å²) in [7, 11) is 0. The topological polar surface area (TPSA) is 42.5 Å². The maximum atomic E-state index is 8.15. The van der Waals surface area contributed by atoms with Gasteiger partial charge in [-0.25, -0.2) is 0 Å². The summed E-state index contributed by atoms with van der Waals surface area (Å²) >= 11 is 0. The van der Waals surface area contributed by atoms with Crippen LogP contribution < -0.4 is 0 Å². The van der Waals surface area contributed by atoms with E-state index in [1.807, 2.05) is 0 Å². The zero-order valence-electron chi connectivity index (χ0n) is 4.62. The van der Waals surface area contributed by atoms with Gasteiger partial charge in [0.15, 0.2) is 0 Å². The molecule has 0 rings (SSSR count). The zero-order chi connectivity index (χ0) is 5.54. The van der Waals surface area contributed by atoms with Crippen LogP contribution in [0.5, 0.6) is 0 Å². The Morgan fingerprint density at radius 2 is 2.12 bits per heavy atom. The van der Waals surface area contributed by atoms with Crippen LogP contribution >= 0.6 is 0 Å². The Morgan fingerprint density at radius 3 is 2.50 bits per heavy atom. The van der Waals surface area contributed by atoms with Gasteiger partial charge in [0.05, 0.1) is 0 Å². The van der Waals surface area contributed by atoms with Gasteiger partial charge in [0.1, 0.15) is 0 Å². The SMILES string of the molecule is [N-]=C/C=C/CCO.[Y]. The summed E-state index contributed by atoms with van der Waals surface area (Å²) < 4.78 is 0. The van der Waals surface area contributed by atoms with Crippen molar-refractivity contribution < 1.29 is 37.8 Å². The largest absolute Gasteiger partial charge is 0.811 e. The molecule has 0 aliphatic carbocycles. The van der Waals surface area contributed by atoms with Gasteiger partial charge in [-0.05, 0) is 6.42 Å². The van der Waals surface area contributed by atoms with Crippen LogP contribution in [0, 0.1) is 0 Å². The van der Waals surface area contributed by atoms with E-state index in [0.717, 1.165) is 6.21 Å². The summed E-state index contributed by atoms with van der Waals surface area (Å²) in [4.78, 5) is 0. The monoisotopic (exact) mass is 187 g/mol. The predicted molar refractivity (Wildman–Crippen MR) is 30.3 cm³/mol. The molecule has 0 aromatic carbocycles. The van der Waals surface area contributed by atoms with E-state index in [0.29, 0.717) is 6.42 Å². The Morgan fingerprint density at radius 1 is 1.50 bits per heavy atom. The third-order valence-electron chi connectivity index (χ3n) is 0.518. The molecule has 0 heterocycles.